The van der Waals surface area contributed by atoms with Crippen LogP contribution in [0, 0.1) is 0 Å². The molecule has 2 rings (SSSR count). The van der Waals surface area contributed by atoms with E-state index in [-0.39, 0.29) is 11.9 Å². The number of aromatic nitrogens is 2. The molecule has 0 aromatic carbocycles. The van der Waals surface area contributed by atoms with Gasteiger partial charge in [-0.25, -0.2) is 9.97 Å². The summed E-state index contributed by atoms with van der Waals surface area (Å²) < 4.78 is 0. The zero-order valence-corrected chi connectivity index (χ0v) is 9.39. The third-order valence-electron chi connectivity index (χ3n) is 2.69. The van der Waals surface area contributed by atoms with Gasteiger partial charge in [-0.3, -0.25) is 4.79 Å². The molecule has 2 heterocycles. The Labute approximate surface area is 94.9 Å². The Morgan fingerprint density at radius 2 is 2.25 bits per heavy atom. The van der Waals surface area contributed by atoms with Gasteiger partial charge in [0, 0.05) is 18.9 Å². The van der Waals surface area contributed by atoms with Crippen molar-refractivity contribution in [3.8, 4) is 0 Å². The third kappa shape index (κ3) is 2.55. The average molecular weight is 220 g/mol. The summed E-state index contributed by atoms with van der Waals surface area (Å²) in [5.41, 5.74) is 0. The van der Waals surface area contributed by atoms with Crippen LogP contribution in [0.15, 0.2) is 18.5 Å². The average Bonchev–Trinajstić information content (AvgIpc) is 2.46. The summed E-state index contributed by atoms with van der Waals surface area (Å²) in [6.07, 6.45) is 4.38. The first-order valence-corrected chi connectivity index (χ1v) is 5.55. The van der Waals surface area contributed by atoms with Crippen molar-refractivity contribution >= 4 is 5.91 Å². The maximum Gasteiger partial charge on any atom is 0.239 e. The molecule has 1 aromatic rings. The molecule has 5 nitrogen and oxygen atoms in total. The topological polar surface area (TPSA) is 58.1 Å². The largest absolute Gasteiger partial charge is 0.334 e. The van der Waals surface area contributed by atoms with Gasteiger partial charge in [0.25, 0.3) is 0 Å². The lowest BCUT2D eigenvalue weighted by atomic mass is 10.3. The molecule has 0 spiro atoms. The molecule has 0 aliphatic carbocycles. The standard InChI is InChI=1S/C11H16N4O/c1-9-11(16)15(7-3-6-12-9)8-10-13-4-2-5-14-10/h2,4-5,9,12H,3,6-8H2,1H3. The third-order valence-corrected chi connectivity index (χ3v) is 2.69. The van der Waals surface area contributed by atoms with Gasteiger partial charge >= 0.3 is 0 Å². The lowest BCUT2D eigenvalue weighted by Crippen LogP contribution is -2.41. The maximum atomic E-state index is 12.0. The van der Waals surface area contributed by atoms with Crippen LogP contribution in [0.3, 0.4) is 0 Å². The Morgan fingerprint density at radius 1 is 1.50 bits per heavy atom. The van der Waals surface area contributed by atoms with Gasteiger partial charge in [0.15, 0.2) is 0 Å². The van der Waals surface area contributed by atoms with E-state index >= 15 is 0 Å². The van der Waals surface area contributed by atoms with Crippen molar-refractivity contribution in [3.63, 3.8) is 0 Å². The Bertz CT molecular complexity index is 354. The smallest absolute Gasteiger partial charge is 0.239 e. The van der Waals surface area contributed by atoms with E-state index in [1.807, 2.05) is 11.8 Å². The highest BCUT2D eigenvalue weighted by atomic mass is 16.2. The first-order chi connectivity index (χ1) is 7.77. The Kier molecular flexibility index (Phi) is 3.46. The SMILES string of the molecule is CC1NCCCN(Cc2ncccn2)C1=O. The fourth-order valence-corrected chi connectivity index (χ4v) is 1.80. The van der Waals surface area contributed by atoms with Crippen LogP contribution in [0.4, 0.5) is 0 Å². The van der Waals surface area contributed by atoms with Crippen LogP contribution in [-0.2, 0) is 11.3 Å². The molecule has 1 fully saturated rings. The number of carbonyl (C=O) groups is 1. The van der Waals surface area contributed by atoms with Crippen molar-refractivity contribution in [1.29, 1.82) is 0 Å². The molecule has 1 saturated heterocycles. The number of nitrogens with zero attached hydrogens (tertiary/aromatic N) is 3. The molecule has 0 saturated carbocycles. The van der Waals surface area contributed by atoms with Gasteiger partial charge in [-0.05, 0) is 26.0 Å². The summed E-state index contributed by atoms with van der Waals surface area (Å²) in [5.74, 6) is 0.829. The minimum atomic E-state index is -0.105. The van der Waals surface area contributed by atoms with E-state index in [0.29, 0.717) is 12.4 Å². The van der Waals surface area contributed by atoms with Gasteiger partial charge in [-0.1, -0.05) is 0 Å². The molecule has 16 heavy (non-hydrogen) atoms. The molecule has 1 aromatic heterocycles. The van der Waals surface area contributed by atoms with Gasteiger partial charge in [0.1, 0.15) is 5.82 Å². The highest BCUT2D eigenvalue weighted by molar-refractivity contribution is 5.81. The molecule has 0 radical (unpaired) electrons. The molecule has 1 aliphatic rings. The van der Waals surface area contributed by atoms with Gasteiger partial charge in [-0.15, -0.1) is 0 Å². The maximum absolute atomic E-state index is 12.0. The number of amides is 1. The fourth-order valence-electron chi connectivity index (χ4n) is 1.80. The predicted octanol–water partition coefficient (Wildman–Crippen LogP) is 0.187. The van der Waals surface area contributed by atoms with E-state index < -0.39 is 0 Å². The summed E-state index contributed by atoms with van der Waals surface area (Å²) in [5, 5.41) is 3.18. The Balaban J connectivity index is 2.05. The van der Waals surface area contributed by atoms with Crippen molar-refractivity contribution < 1.29 is 4.79 Å². The molecule has 1 aliphatic heterocycles. The second-order valence-electron chi connectivity index (χ2n) is 3.95. The summed E-state index contributed by atoms with van der Waals surface area (Å²) in [6, 6.07) is 1.67. The van der Waals surface area contributed by atoms with Crippen LogP contribution < -0.4 is 5.32 Å². The summed E-state index contributed by atoms with van der Waals surface area (Å²) in [6.45, 7) is 4.06. The number of hydrogen-bond acceptors (Lipinski definition) is 4. The second-order valence-corrected chi connectivity index (χ2v) is 3.95. The molecular formula is C11H16N4O. The van der Waals surface area contributed by atoms with Crippen molar-refractivity contribution in [3.05, 3.63) is 24.3 Å². The van der Waals surface area contributed by atoms with Crippen molar-refractivity contribution in [2.75, 3.05) is 13.1 Å². The second kappa shape index (κ2) is 5.03. The molecule has 1 atom stereocenters. The van der Waals surface area contributed by atoms with Gasteiger partial charge in [-0.2, -0.15) is 0 Å². The molecule has 1 N–H and O–H groups in total. The minimum absolute atomic E-state index is 0.105. The normalized spacial score (nSPS) is 21.9. The first-order valence-electron chi connectivity index (χ1n) is 5.55. The van der Waals surface area contributed by atoms with Crippen LogP contribution in [0.2, 0.25) is 0 Å². The summed E-state index contributed by atoms with van der Waals surface area (Å²) in [4.78, 5) is 22.1. The van der Waals surface area contributed by atoms with Gasteiger partial charge in [0.05, 0.1) is 12.6 Å². The highest BCUT2D eigenvalue weighted by Gasteiger charge is 2.23. The predicted molar refractivity (Wildman–Crippen MR) is 59.5 cm³/mol. The molecular weight excluding hydrogens is 204 g/mol. The number of hydrogen-bond donors (Lipinski definition) is 1. The number of rotatable bonds is 2. The van der Waals surface area contributed by atoms with Crippen LogP contribution in [0.25, 0.3) is 0 Å². The minimum Gasteiger partial charge on any atom is -0.334 e. The zero-order chi connectivity index (χ0) is 11.4. The monoisotopic (exact) mass is 220 g/mol. The van der Waals surface area contributed by atoms with Crippen LogP contribution in [0.1, 0.15) is 19.2 Å². The molecule has 86 valence electrons. The Hall–Kier alpha value is -1.49. The number of carbonyl (C=O) groups excluding carboxylic acids is 1. The fraction of sp³-hybridized carbons (Fsp3) is 0.545. The van der Waals surface area contributed by atoms with E-state index in [0.717, 1.165) is 19.5 Å². The summed E-state index contributed by atoms with van der Waals surface area (Å²) >= 11 is 0. The molecule has 1 amide bonds. The molecule has 0 bridgehead atoms. The van der Waals surface area contributed by atoms with Gasteiger partial charge in [0.2, 0.25) is 5.91 Å². The quantitative estimate of drug-likeness (QED) is 0.773. The zero-order valence-electron chi connectivity index (χ0n) is 9.39. The van der Waals surface area contributed by atoms with E-state index in [1.165, 1.54) is 0 Å². The first kappa shape index (κ1) is 11.0. The number of nitrogens with one attached hydrogen (secondary N) is 1. The lowest BCUT2D eigenvalue weighted by molar-refractivity contribution is -0.132. The highest BCUT2D eigenvalue weighted by Crippen LogP contribution is 2.05. The summed E-state index contributed by atoms with van der Waals surface area (Å²) in [7, 11) is 0. The van der Waals surface area contributed by atoms with E-state index in [1.54, 1.807) is 18.5 Å². The van der Waals surface area contributed by atoms with Crippen LogP contribution in [-0.4, -0.2) is 39.9 Å². The van der Waals surface area contributed by atoms with Gasteiger partial charge < -0.3 is 10.2 Å². The van der Waals surface area contributed by atoms with E-state index in [2.05, 4.69) is 15.3 Å². The Morgan fingerprint density at radius 3 is 3.00 bits per heavy atom. The van der Waals surface area contributed by atoms with Crippen molar-refractivity contribution in [2.45, 2.75) is 25.9 Å². The molecule has 1 unspecified atom stereocenters. The molecule has 5 heteroatoms. The van der Waals surface area contributed by atoms with Crippen LogP contribution >= 0.6 is 0 Å². The van der Waals surface area contributed by atoms with E-state index in [9.17, 15) is 4.79 Å². The van der Waals surface area contributed by atoms with E-state index in [4.69, 9.17) is 0 Å². The lowest BCUT2D eigenvalue weighted by Gasteiger charge is -2.21. The van der Waals surface area contributed by atoms with Crippen molar-refractivity contribution in [2.24, 2.45) is 0 Å². The van der Waals surface area contributed by atoms with Crippen molar-refractivity contribution in [1.82, 2.24) is 20.2 Å². The van der Waals surface area contributed by atoms with Crippen LogP contribution in [0.5, 0.6) is 0 Å².